The number of carboxylic acids is 1. The summed E-state index contributed by atoms with van der Waals surface area (Å²) in [6.07, 6.45) is 7.36. The Hall–Kier alpha value is -0.710. The minimum Gasteiger partial charge on any atom is -0.480 e. The molecule has 17 heavy (non-hydrogen) atoms. The third-order valence-electron chi connectivity index (χ3n) is 3.28. The quantitative estimate of drug-likeness (QED) is 0.741. The van der Waals surface area contributed by atoms with Crippen LogP contribution in [-0.4, -0.2) is 34.5 Å². The first-order valence-electron chi connectivity index (χ1n) is 6.14. The number of thioether (sulfide) groups is 1. The van der Waals surface area contributed by atoms with E-state index in [2.05, 4.69) is 5.32 Å². The van der Waals surface area contributed by atoms with Crippen LogP contribution in [0.15, 0.2) is 0 Å². The van der Waals surface area contributed by atoms with E-state index in [1.807, 2.05) is 6.26 Å². The molecule has 0 radical (unpaired) electrons. The molecular formula is C12H21NO3S. The van der Waals surface area contributed by atoms with Crippen molar-refractivity contribution in [2.75, 3.05) is 12.0 Å². The second kappa shape index (κ2) is 6.89. The molecule has 0 atom stereocenters. The van der Waals surface area contributed by atoms with Crippen LogP contribution in [0, 0.1) is 0 Å². The van der Waals surface area contributed by atoms with Crippen LogP contribution in [0.4, 0.5) is 0 Å². The van der Waals surface area contributed by atoms with Crippen LogP contribution in [0.3, 0.4) is 0 Å². The van der Waals surface area contributed by atoms with E-state index in [1.165, 1.54) is 0 Å². The van der Waals surface area contributed by atoms with Crippen molar-refractivity contribution in [3.63, 3.8) is 0 Å². The SMILES string of the molecule is CSCCC(=O)NC1(C(=O)O)CCCCCC1. The zero-order chi connectivity index (χ0) is 12.7. The van der Waals surface area contributed by atoms with Gasteiger partial charge < -0.3 is 10.4 Å². The molecule has 0 spiro atoms. The van der Waals surface area contributed by atoms with Gasteiger partial charge in [-0.25, -0.2) is 4.79 Å². The molecule has 1 amide bonds. The molecule has 4 nitrogen and oxygen atoms in total. The summed E-state index contributed by atoms with van der Waals surface area (Å²) in [5.41, 5.74) is -1.01. The number of aliphatic carboxylic acids is 1. The summed E-state index contributed by atoms with van der Waals surface area (Å²) < 4.78 is 0. The maximum absolute atomic E-state index is 11.7. The van der Waals surface area contributed by atoms with Crippen molar-refractivity contribution in [1.82, 2.24) is 5.32 Å². The summed E-state index contributed by atoms with van der Waals surface area (Å²) in [5.74, 6) is -0.276. The van der Waals surface area contributed by atoms with E-state index >= 15 is 0 Å². The van der Waals surface area contributed by atoms with E-state index in [0.717, 1.165) is 31.4 Å². The molecule has 0 aromatic carbocycles. The van der Waals surface area contributed by atoms with Gasteiger partial charge in [-0.05, 0) is 19.1 Å². The number of hydrogen-bond donors (Lipinski definition) is 2. The molecule has 0 unspecified atom stereocenters. The molecule has 1 aliphatic rings. The van der Waals surface area contributed by atoms with Gasteiger partial charge in [0.1, 0.15) is 5.54 Å². The minimum absolute atomic E-state index is 0.136. The van der Waals surface area contributed by atoms with Gasteiger partial charge in [-0.1, -0.05) is 25.7 Å². The summed E-state index contributed by atoms with van der Waals surface area (Å²) in [6.45, 7) is 0. The largest absolute Gasteiger partial charge is 0.480 e. The zero-order valence-corrected chi connectivity index (χ0v) is 11.1. The molecule has 5 heteroatoms. The van der Waals surface area contributed by atoms with Gasteiger partial charge in [-0.2, -0.15) is 11.8 Å². The minimum atomic E-state index is -1.01. The highest BCUT2D eigenvalue weighted by Crippen LogP contribution is 2.27. The van der Waals surface area contributed by atoms with Crippen LogP contribution in [0.1, 0.15) is 44.9 Å². The Morgan fingerprint density at radius 1 is 1.24 bits per heavy atom. The summed E-state index contributed by atoms with van der Waals surface area (Å²) in [7, 11) is 0. The lowest BCUT2D eigenvalue weighted by Gasteiger charge is -2.29. The molecule has 0 bridgehead atoms. The third kappa shape index (κ3) is 4.22. The van der Waals surface area contributed by atoms with Crippen LogP contribution in [0.2, 0.25) is 0 Å². The van der Waals surface area contributed by atoms with Gasteiger partial charge in [0.05, 0.1) is 0 Å². The molecule has 2 N–H and O–H groups in total. The Balaban J connectivity index is 2.63. The fourth-order valence-electron chi connectivity index (χ4n) is 2.25. The standard InChI is InChI=1S/C12H21NO3S/c1-17-9-6-10(14)13-12(11(15)16)7-4-2-3-5-8-12/h2-9H2,1H3,(H,13,14)(H,15,16). The van der Waals surface area contributed by atoms with E-state index in [0.29, 0.717) is 19.3 Å². The van der Waals surface area contributed by atoms with Crippen molar-refractivity contribution < 1.29 is 14.7 Å². The van der Waals surface area contributed by atoms with Crippen LogP contribution >= 0.6 is 11.8 Å². The van der Waals surface area contributed by atoms with Crippen molar-refractivity contribution in [2.24, 2.45) is 0 Å². The Kier molecular flexibility index (Phi) is 5.82. The smallest absolute Gasteiger partial charge is 0.329 e. The first kappa shape index (κ1) is 14.4. The van der Waals surface area contributed by atoms with E-state index in [1.54, 1.807) is 11.8 Å². The van der Waals surface area contributed by atoms with Crippen LogP contribution in [-0.2, 0) is 9.59 Å². The highest BCUT2D eigenvalue weighted by atomic mass is 32.2. The Labute approximate surface area is 107 Å². The van der Waals surface area contributed by atoms with Crippen molar-refractivity contribution in [1.29, 1.82) is 0 Å². The Bertz CT molecular complexity index is 273. The Morgan fingerprint density at radius 3 is 2.29 bits per heavy atom. The molecular weight excluding hydrogens is 238 g/mol. The fraction of sp³-hybridized carbons (Fsp3) is 0.833. The van der Waals surface area contributed by atoms with Crippen LogP contribution in [0.25, 0.3) is 0 Å². The van der Waals surface area contributed by atoms with Crippen molar-refractivity contribution in [3.05, 3.63) is 0 Å². The normalized spacial score (nSPS) is 19.4. The van der Waals surface area contributed by atoms with Gasteiger partial charge in [-0.15, -0.1) is 0 Å². The number of nitrogens with one attached hydrogen (secondary N) is 1. The van der Waals surface area contributed by atoms with Crippen LogP contribution < -0.4 is 5.32 Å². The zero-order valence-electron chi connectivity index (χ0n) is 10.3. The molecule has 0 saturated heterocycles. The predicted octanol–water partition coefficient (Wildman–Crippen LogP) is 2.03. The molecule has 0 aromatic rings. The Morgan fingerprint density at radius 2 is 1.82 bits per heavy atom. The molecule has 0 aliphatic heterocycles. The number of carbonyl (C=O) groups is 2. The second-order valence-electron chi connectivity index (χ2n) is 4.59. The number of amides is 1. The highest BCUT2D eigenvalue weighted by molar-refractivity contribution is 7.98. The maximum Gasteiger partial charge on any atom is 0.329 e. The molecule has 1 aliphatic carbocycles. The third-order valence-corrected chi connectivity index (χ3v) is 3.89. The van der Waals surface area contributed by atoms with E-state index in [9.17, 15) is 14.7 Å². The van der Waals surface area contributed by atoms with Gasteiger partial charge in [0, 0.05) is 12.2 Å². The highest BCUT2D eigenvalue weighted by Gasteiger charge is 2.39. The van der Waals surface area contributed by atoms with E-state index in [4.69, 9.17) is 0 Å². The molecule has 1 saturated carbocycles. The average molecular weight is 259 g/mol. The fourth-order valence-corrected chi connectivity index (χ4v) is 2.64. The lowest BCUT2D eigenvalue weighted by atomic mass is 9.90. The van der Waals surface area contributed by atoms with Gasteiger partial charge in [0.15, 0.2) is 0 Å². The second-order valence-corrected chi connectivity index (χ2v) is 5.58. The molecule has 1 rings (SSSR count). The monoisotopic (exact) mass is 259 g/mol. The molecule has 98 valence electrons. The number of carbonyl (C=O) groups excluding carboxylic acids is 1. The van der Waals surface area contributed by atoms with Gasteiger partial charge in [-0.3, -0.25) is 4.79 Å². The first-order chi connectivity index (χ1) is 8.10. The van der Waals surface area contributed by atoms with E-state index < -0.39 is 11.5 Å². The van der Waals surface area contributed by atoms with Crippen molar-refractivity contribution in [3.8, 4) is 0 Å². The van der Waals surface area contributed by atoms with Gasteiger partial charge >= 0.3 is 5.97 Å². The van der Waals surface area contributed by atoms with Crippen molar-refractivity contribution >= 4 is 23.6 Å². The lowest BCUT2D eigenvalue weighted by Crippen LogP contribution is -2.54. The first-order valence-corrected chi connectivity index (χ1v) is 7.53. The molecule has 0 aromatic heterocycles. The predicted molar refractivity (Wildman–Crippen MR) is 69.2 cm³/mol. The summed E-state index contributed by atoms with van der Waals surface area (Å²) in [5, 5.41) is 12.1. The number of rotatable bonds is 5. The lowest BCUT2D eigenvalue weighted by molar-refractivity contribution is -0.148. The number of carboxylic acid groups (broad SMARTS) is 1. The van der Waals surface area contributed by atoms with Gasteiger partial charge in [0.25, 0.3) is 0 Å². The van der Waals surface area contributed by atoms with Gasteiger partial charge in [0.2, 0.25) is 5.91 Å². The summed E-state index contributed by atoms with van der Waals surface area (Å²) in [4.78, 5) is 23.1. The molecule has 0 heterocycles. The topological polar surface area (TPSA) is 66.4 Å². The number of hydrogen-bond acceptors (Lipinski definition) is 3. The summed E-state index contributed by atoms with van der Waals surface area (Å²) in [6, 6.07) is 0. The van der Waals surface area contributed by atoms with Crippen LogP contribution in [0.5, 0.6) is 0 Å². The average Bonchev–Trinajstić information content (AvgIpc) is 2.53. The van der Waals surface area contributed by atoms with E-state index in [-0.39, 0.29) is 5.91 Å². The summed E-state index contributed by atoms with van der Waals surface area (Å²) >= 11 is 1.60. The maximum atomic E-state index is 11.7. The molecule has 1 fully saturated rings. The van der Waals surface area contributed by atoms with Crippen molar-refractivity contribution in [2.45, 2.75) is 50.5 Å².